The Kier molecular flexibility index (Phi) is 32.4. The standard InChI is InChI=1S/C24BF20.2C9H21P.C2H3N.2C2H4O2.Pd/c26-5-1(6(27)14(35)21(42)13(5)34)25(2-7(28)15(36)22(43)16(37)8(2)29,3-9(30)17(38)23(44)18(39)10(3)31)4-11(32)19(40)24(45)20(41)12(4)33;2*1-7(2)10(8(3)4)9(5)6;1-2-3;2*1-2(3)4;/h;2*7-9H,1-6H3;1H3;2*1H3,(H,3,4);/q-1;;;;;;+2/p-2. The molecular weight excluding hydrogens is 1210 g/mol. The predicted octanol–water partition coefficient (Wildman–Crippen LogP) is 11.3. The molecule has 0 aliphatic carbocycles. The van der Waals surface area contributed by atoms with E-state index in [0.29, 0.717) is 0 Å². The van der Waals surface area contributed by atoms with Crippen LogP contribution in [0.4, 0.5) is 87.8 Å². The van der Waals surface area contributed by atoms with Crippen molar-refractivity contribution in [2.75, 3.05) is 0 Å². The molecule has 0 unspecified atom stereocenters. The summed E-state index contributed by atoms with van der Waals surface area (Å²) in [5, 5.41) is 25.1. The molecule has 0 fully saturated rings. The molecule has 0 aromatic heterocycles. The van der Waals surface area contributed by atoms with Gasteiger partial charge >= 0.3 is 20.4 Å². The van der Waals surface area contributed by atoms with Gasteiger partial charge in [0.2, 0.25) is 0 Å². The summed E-state index contributed by atoms with van der Waals surface area (Å²) in [5.74, 6) is -73.6. The molecule has 0 bridgehead atoms. The van der Waals surface area contributed by atoms with Gasteiger partial charge in [-0.3, -0.25) is 0 Å². The Bertz CT molecular complexity index is 2260. The molecule has 0 atom stereocenters. The number of nitriles is 1. The second-order valence-electron chi connectivity index (χ2n) is 17.5. The minimum absolute atomic E-state index is 0. The molecule has 77 heavy (non-hydrogen) atoms. The first-order chi connectivity index (χ1) is 34.5. The Morgan fingerprint density at radius 1 is 0.338 bits per heavy atom. The number of benzene rings is 4. The maximum Gasteiger partial charge on any atom is 2.00 e. The van der Waals surface area contributed by atoms with Crippen molar-refractivity contribution in [3.8, 4) is 6.07 Å². The SMILES string of the molecule is CC#N.CC(=O)[O-].CC(=O)[O-].CC(C)P(C(C)C)C(C)C.CC(C)P(C(C)C)C(C)C.Fc1c(F)c(F)c([B-](c2c(F)c(F)c(F)c(F)c2F)(c2c(F)c(F)c(F)c(F)c2F)c2c(F)c(F)c(F)c(F)c2F)c(F)c1F.[Pd+2]. The summed E-state index contributed by atoms with van der Waals surface area (Å²) in [6.45, 7) is 31.6. The van der Waals surface area contributed by atoms with Gasteiger partial charge in [0.15, 0.2) is 69.8 Å². The number of hydrogen-bond donors (Lipinski definition) is 0. The molecule has 0 saturated carbocycles. The monoisotopic (exact) mass is 1260 g/mol. The molecule has 0 spiro atoms. The molecule has 5 nitrogen and oxygen atoms in total. The van der Waals surface area contributed by atoms with E-state index in [1.807, 2.05) is 0 Å². The summed E-state index contributed by atoms with van der Waals surface area (Å²) in [5.41, 5.74) is -8.94. The normalized spacial score (nSPS) is 11.0. The molecule has 436 valence electrons. The minimum Gasteiger partial charge on any atom is -0.550 e. The van der Waals surface area contributed by atoms with Crippen LogP contribution < -0.4 is 32.1 Å². The summed E-state index contributed by atoms with van der Waals surface area (Å²) in [7, 11) is 0.525. The number of rotatable bonds is 10. The van der Waals surface area contributed by atoms with Crippen molar-refractivity contribution < 1.29 is 128 Å². The van der Waals surface area contributed by atoms with Crippen molar-refractivity contribution in [3.63, 3.8) is 0 Å². The number of aliphatic carboxylic acids is 2. The van der Waals surface area contributed by atoms with Crippen molar-refractivity contribution in [2.24, 2.45) is 0 Å². The van der Waals surface area contributed by atoms with E-state index < -0.39 is 156 Å². The van der Waals surface area contributed by atoms with Gasteiger partial charge in [-0.2, -0.15) is 5.26 Å². The summed E-state index contributed by atoms with van der Waals surface area (Å²) in [4.78, 5) is 17.8. The van der Waals surface area contributed by atoms with Crippen molar-refractivity contribution in [1.29, 1.82) is 5.26 Å². The minimum atomic E-state index is -7.22. The fourth-order valence-electron chi connectivity index (χ4n) is 8.45. The smallest absolute Gasteiger partial charge is 0.550 e. The fourth-order valence-corrected chi connectivity index (χ4v) is 15.6. The fraction of sp³-hybridized carbons (Fsp3) is 0.438. The third-order valence-corrected chi connectivity index (χ3v) is 17.4. The van der Waals surface area contributed by atoms with E-state index in [4.69, 9.17) is 25.1 Å². The van der Waals surface area contributed by atoms with E-state index in [2.05, 4.69) is 83.1 Å². The third-order valence-electron chi connectivity index (χ3n) is 10.3. The molecule has 0 aliphatic heterocycles. The predicted molar refractivity (Wildman–Crippen MR) is 247 cm³/mol. The summed E-state index contributed by atoms with van der Waals surface area (Å²) in [6.07, 6.45) is -7.22. The Morgan fingerprint density at radius 3 is 0.481 bits per heavy atom. The Hall–Kier alpha value is -4.50. The summed E-state index contributed by atoms with van der Waals surface area (Å²) >= 11 is 0. The third kappa shape index (κ3) is 17.7. The number of hydrogen-bond acceptors (Lipinski definition) is 5. The number of nitrogens with zero attached hydrogens (tertiary/aromatic N) is 1. The van der Waals surface area contributed by atoms with Crippen molar-refractivity contribution >= 4 is 55.8 Å². The van der Waals surface area contributed by atoms with Gasteiger partial charge in [0.05, 0.1) is 6.07 Å². The van der Waals surface area contributed by atoms with E-state index in [-0.39, 0.29) is 36.3 Å². The molecule has 4 aromatic rings. The van der Waals surface area contributed by atoms with Crippen LogP contribution in [0.15, 0.2) is 0 Å². The Balaban J connectivity index is -0.00000139. The summed E-state index contributed by atoms with van der Waals surface area (Å²) < 4.78 is 294. The maximum absolute atomic E-state index is 15.4. The van der Waals surface area contributed by atoms with Crippen LogP contribution in [0.2, 0.25) is 0 Å². The number of carboxylic acids is 2. The van der Waals surface area contributed by atoms with Gasteiger partial charge in [-0.1, -0.05) is 98.9 Å². The quantitative estimate of drug-likeness (QED) is 0.0517. The first kappa shape index (κ1) is 76.7. The Labute approximate surface area is 447 Å². The average Bonchev–Trinajstić information content (AvgIpc) is 3.28. The number of halogens is 20. The van der Waals surface area contributed by atoms with E-state index in [1.54, 1.807) is 6.07 Å². The number of carbonyl (C=O) groups is 2. The molecule has 0 aliphatic rings. The molecular formula is C48H51BF20NO4P2Pd-. The van der Waals surface area contributed by atoms with Gasteiger partial charge in [0.25, 0.3) is 0 Å². The van der Waals surface area contributed by atoms with Crippen molar-refractivity contribution in [2.45, 2.75) is 138 Å². The van der Waals surface area contributed by atoms with Crippen LogP contribution in [0.25, 0.3) is 0 Å². The van der Waals surface area contributed by atoms with Crippen LogP contribution in [0, 0.1) is 128 Å². The van der Waals surface area contributed by atoms with Gasteiger partial charge < -0.3 is 19.8 Å². The summed E-state index contributed by atoms with van der Waals surface area (Å²) in [6, 6.07) is 1.75. The molecule has 4 aromatic carbocycles. The van der Waals surface area contributed by atoms with E-state index >= 15 is 35.1 Å². The van der Waals surface area contributed by atoms with Crippen LogP contribution >= 0.6 is 15.8 Å². The molecule has 0 radical (unpaired) electrons. The number of carboxylic acid groups (broad SMARTS) is 2. The second kappa shape index (κ2) is 32.5. The molecule has 0 amide bonds. The van der Waals surface area contributed by atoms with Crippen LogP contribution in [0.3, 0.4) is 0 Å². The zero-order valence-electron chi connectivity index (χ0n) is 43.4. The van der Waals surface area contributed by atoms with Crippen molar-refractivity contribution in [3.05, 3.63) is 116 Å². The molecule has 4 rings (SSSR count). The van der Waals surface area contributed by atoms with Crippen LogP contribution in [-0.2, 0) is 30.0 Å². The maximum atomic E-state index is 15.4. The van der Waals surface area contributed by atoms with E-state index in [1.165, 1.54) is 6.92 Å². The Morgan fingerprint density at radius 2 is 0.416 bits per heavy atom. The number of carbonyl (C=O) groups excluding carboxylic acids is 2. The van der Waals surface area contributed by atoms with Gasteiger partial charge in [-0.25, -0.2) is 87.8 Å². The van der Waals surface area contributed by atoms with Crippen LogP contribution in [0.1, 0.15) is 104 Å². The van der Waals surface area contributed by atoms with Crippen molar-refractivity contribution in [1.82, 2.24) is 0 Å². The van der Waals surface area contributed by atoms with Gasteiger partial charge in [0, 0.05) is 18.9 Å². The average molecular weight is 1270 g/mol. The molecule has 0 heterocycles. The zero-order valence-corrected chi connectivity index (χ0v) is 46.7. The molecule has 29 heteroatoms. The zero-order chi connectivity index (χ0) is 60.8. The van der Waals surface area contributed by atoms with E-state index in [0.717, 1.165) is 47.8 Å². The topological polar surface area (TPSA) is 104 Å². The van der Waals surface area contributed by atoms with Crippen LogP contribution in [-0.4, -0.2) is 52.0 Å². The largest absolute Gasteiger partial charge is 2.00 e. The molecule has 0 N–H and O–H groups in total. The van der Waals surface area contributed by atoms with Gasteiger partial charge in [-0.15, -0.1) is 21.9 Å². The first-order valence-corrected chi connectivity index (χ1v) is 25.1. The van der Waals surface area contributed by atoms with Gasteiger partial charge in [0.1, 0.15) is 52.7 Å². The second-order valence-corrected chi connectivity index (χ2v) is 25.4. The molecule has 0 saturated heterocycles. The van der Waals surface area contributed by atoms with Gasteiger partial charge in [-0.05, 0) is 47.8 Å². The first-order valence-electron chi connectivity index (χ1n) is 22.0. The van der Waals surface area contributed by atoms with E-state index in [9.17, 15) is 52.7 Å². The van der Waals surface area contributed by atoms with Crippen LogP contribution in [0.5, 0.6) is 0 Å².